The van der Waals surface area contributed by atoms with E-state index in [1.165, 1.54) is 12.8 Å². The van der Waals surface area contributed by atoms with Crippen LogP contribution in [0.3, 0.4) is 0 Å². The normalized spacial score (nSPS) is 19.1. The molecule has 1 saturated carbocycles. The Labute approximate surface area is 103 Å². The average Bonchev–Trinajstić information content (AvgIpc) is 2.84. The summed E-state index contributed by atoms with van der Waals surface area (Å²) in [6, 6.07) is 0. The molecule has 1 heteroatoms. The summed E-state index contributed by atoms with van der Waals surface area (Å²) in [4.78, 5) is 0. The van der Waals surface area contributed by atoms with Crippen LogP contribution < -0.4 is 0 Å². The van der Waals surface area contributed by atoms with Gasteiger partial charge in [0, 0.05) is 6.61 Å². The zero-order valence-corrected chi connectivity index (χ0v) is 12.6. The van der Waals surface area contributed by atoms with Gasteiger partial charge in [-0.3, -0.25) is 0 Å². The highest BCUT2D eigenvalue weighted by Gasteiger charge is 2.46. The SMILES string of the molecule is CC(C)(C)C1(C)CC1.CC(C)C(C)(C)CO. The summed E-state index contributed by atoms with van der Waals surface area (Å²) < 4.78 is 0. The van der Waals surface area contributed by atoms with Crippen molar-refractivity contribution in [3.8, 4) is 0 Å². The fourth-order valence-electron chi connectivity index (χ4n) is 1.12. The molecule has 1 N–H and O–H groups in total. The third-order valence-corrected chi connectivity index (χ3v) is 4.78. The minimum atomic E-state index is 0.0972. The van der Waals surface area contributed by atoms with Crippen LogP contribution in [-0.2, 0) is 0 Å². The molecule has 0 aromatic carbocycles. The Kier molecular flexibility index (Phi) is 5.07. The first-order valence-corrected chi connectivity index (χ1v) is 6.57. The summed E-state index contributed by atoms with van der Waals surface area (Å²) in [6.45, 7) is 18.0. The molecule has 0 atom stereocenters. The van der Waals surface area contributed by atoms with E-state index in [-0.39, 0.29) is 12.0 Å². The third-order valence-electron chi connectivity index (χ3n) is 4.78. The van der Waals surface area contributed by atoms with E-state index in [0.717, 1.165) is 0 Å². The Morgan fingerprint density at radius 2 is 1.44 bits per heavy atom. The van der Waals surface area contributed by atoms with Gasteiger partial charge in [-0.25, -0.2) is 0 Å². The number of hydrogen-bond donors (Lipinski definition) is 1. The lowest BCUT2D eigenvalue weighted by Gasteiger charge is -2.26. The summed E-state index contributed by atoms with van der Waals surface area (Å²) in [7, 11) is 0. The Morgan fingerprint density at radius 3 is 1.44 bits per heavy atom. The van der Waals surface area contributed by atoms with Gasteiger partial charge in [-0.15, -0.1) is 0 Å². The standard InChI is InChI=1S/C8H16.C7H16O/c1-7(2,3)8(4)5-6-8;1-6(2)7(3,4)5-8/h5-6H2,1-4H3;6,8H,5H2,1-4H3. The van der Waals surface area contributed by atoms with Crippen LogP contribution in [0.25, 0.3) is 0 Å². The Bertz CT molecular complexity index is 197. The van der Waals surface area contributed by atoms with Crippen LogP contribution in [0.2, 0.25) is 0 Å². The Hall–Kier alpha value is -0.0400. The maximum atomic E-state index is 8.76. The maximum absolute atomic E-state index is 8.76. The van der Waals surface area contributed by atoms with E-state index in [0.29, 0.717) is 16.7 Å². The second-order valence-corrected chi connectivity index (χ2v) is 7.61. The second kappa shape index (κ2) is 5.08. The number of rotatable bonds is 2. The van der Waals surface area contributed by atoms with E-state index in [2.05, 4.69) is 55.4 Å². The van der Waals surface area contributed by atoms with Crippen molar-refractivity contribution >= 4 is 0 Å². The summed E-state index contributed by atoms with van der Waals surface area (Å²) in [5.41, 5.74) is 1.33. The highest BCUT2D eigenvalue weighted by molar-refractivity contribution is 4.97. The predicted molar refractivity (Wildman–Crippen MR) is 72.5 cm³/mol. The van der Waals surface area contributed by atoms with Crippen LogP contribution in [0, 0.1) is 22.2 Å². The number of hydrogen-bond acceptors (Lipinski definition) is 1. The molecule has 0 saturated heterocycles. The molecule has 0 radical (unpaired) electrons. The van der Waals surface area contributed by atoms with Crippen LogP contribution in [0.15, 0.2) is 0 Å². The first-order chi connectivity index (χ1) is 6.96. The molecule has 0 spiro atoms. The molecule has 16 heavy (non-hydrogen) atoms. The quantitative estimate of drug-likeness (QED) is 0.738. The van der Waals surface area contributed by atoms with Gasteiger partial charge >= 0.3 is 0 Å². The van der Waals surface area contributed by atoms with Crippen molar-refractivity contribution in [1.29, 1.82) is 0 Å². The molecular formula is C15H32O. The lowest BCUT2D eigenvalue weighted by molar-refractivity contribution is 0.113. The van der Waals surface area contributed by atoms with Gasteiger partial charge in [-0.1, -0.05) is 55.4 Å². The molecule has 0 heterocycles. The molecule has 0 unspecified atom stereocenters. The van der Waals surface area contributed by atoms with Gasteiger partial charge in [0.15, 0.2) is 0 Å². The highest BCUT2D eigenvalue weighted by atomic mass is 16.3. The van der Waals surface area contributed by atoms with Crippen LogP contribution in [-0.4, -0.2) is 11.7 Å². The van der Waals surface area contributed by atoms with Gasteiger partial charge in [0.05, 0.1) is 0 Å². The Morgan fingerprint density at radius 1 is 1.06 bits per heavy atom. The van der Waals surface area contributed by atoms with Gasteiger partial charge in [0.2, 0.25) is 0 Å². The van der Waals surface area contributed by atoms with Crippen LogP contribution >= 0.6 is 0 Å². The van der Waals surface area contributed by atoms with Crippen molar-refractivity contribution in [2.45, 2.75) is 68.2 Å². The van der Waals surface area contributed by atoms with Crippen molar-refractivity contribution in [3.05, 3.63) is 0 Å². The van der Waals surface area contributed by atoms with Crippen molar-refractivity contribution < 1.29 is 5.11 Å². The highest BCUT2D eigenvalue weighted by Crippen LogP contribution is 2.57. The topological polar surface area (TPSA) is 20.2 Å². The van der Waals surface area contributed by atoms with Crippen molar-refractivity contribution in [2.24, 2.45) is 22.2 Å². The molecule has 0 aromatic heterocycles. The van der Waals surface area contributed by atoms with E-state index in [1.807, 2.05) is 0 Å². The lowest BCUT2D eigenvalue weighted by Crippen LogP contribution is -2.23. The lowest BCUT2D eigenvalue weighted by atomic mass is 9.79. The largest absolute Gasteiger partial charge is 0.396 e. The molecule has 0 amide bonds. The smallest absolute Gasteiger partial charge is 0.0484 e. The van der Waals surface area contributed by atoms with Gasteiger partial charge in [-0.2, -0.15) is 0 Å². The summed E-state index contributed by atoms with van der Waals surface area (Å²) >= 11 is 0. The Balaban J connectivity index is 0.000000281. The minimum Gasteiger partial charge on any atom is -0.396 e. The number of aliphatic hydroxyl groups excluding tert-OH is 1. The van der Waals surface area contributed by atoms with E-state index in [9.17, 15) is 0 Å². The molecular weight excluding hydrogens is 196 g/mol. The van der Waals surface area contributed by atoms with Crippen LogP contribution in [0.5, 0.6) is 0 Å². The first-order valence-electron chi connectivity index (χ1n) is 6.57. The van der Waals surface area contributed by atoms with E-state index < -0.39 is 0 Å². The van der Waals surface area contributed by atoms with E-state index >= 15 is 0 Å². The summed E-state index contributed by atoms with van der Waals surface area (Å²) in [5, 5.41) is 8.76. The van der Waals surface area contributed by atoms with Gasteiger partial charge in [0.1, 0.15) is 0 Å². The fourth-order valence-corrected chi connectivity index (χ4v) is 1.12. The zero-order chi connectivity index (χ0) is 13.2. The minimum absolute atomic E-state index is 0.0972. The van der Waals surface area contributed by atoms with Gasteiger partial charge < -0.3 is 5.11 Å². The fraction of sp³-hybridized carbons (Fsp3) is 1.00. The van der Waals surface area contributed by atoms with Gasteiger partial charge in [0.25, 0.3) is 0 Å². The van der Waals surface area contributed by atoms with Crippen molar-refractivity contribution in [2.75, 3.05) is 6.61 Å². The van der Waals surface area contributed by atoms with Crippen molar-refractivity contribution in [1.82, 2.24) is 0 Å². The first kappa shape index (κ1) is 16.0. The monoisotopic (exact) mass is 228 g/mol. The van der Waals surface area contributed by atoms with E-state index in [4.69, 9.17) is 5.11 Å². The maximum Gasteiger partial charge on any atom is 0.0484 e. The average molecular weight is 228 g/mol. The molecule has 1 rings (SSSR count). The van der Waals surface area contributed by atoms with Gasteiger partial charge in [-0.05, 0) is 35.0 Å². The molecule has 0 aromatic rings. The number of aliphatic hydroxyl groups is 1. The summed E-state index contributed by atoms with van der Waals surface area (Å²) in [5.74, 6) is 0.562. The second-order valence-electron chi connectivity index (χ2n) is 7.61. The molecule has 98 valence electrons. The van der Waals surface area contributed by atoms with Crippen LogP contribution in [0.1, 0.15) is 68.2 Å². The molecule has 1 aliphatic carbocycles. The predicted octanol–water partition coefficient (Wildman–Crippen LogP) is 4.49. The molecule has 1 nitrogen and oxygen atoms in total. The van der Waals surface area contributed by atoms with Crippen LogP contribution in [0.4, 0.5) is 0 Å². The van der Waals surface area contributed by atoms with Crippen molar-refractivity contribution in [3.63, 3.8) is 0 Å². The summed E-state index contributed by atoms with van der Waals surface area (Å²) in [6.07, 6.45) is 2.88. The van der Waals surface area contributed by atoms with E-state index in [1.54, 1.807) is 0 Å². The molecule has 0 bridgehead atoms. The zero-order valence-electron chi connectivity index (χ0n) is 12.6. The molecule has 1 aliphatic rings. The molecule has 0 aliphatic heterocycles. The molecule has 1 fully saturated rings. The third kappa shape index (κ3) is 4.45.